The van der Waals surface area contributed by atoms with Crippen molar-refractivity contribution < 1.29 is 4.74 Å². The highest BCUT2D eigenvalue weighted by molar-refractivity contribution is 9.10. The van der Waals surface area contributed by atoms with Crippen molar-refractivity contribution >= 4 is 15.9 Å². The van der Waals surface area contributed by atoms with Crippen LogP contribution < -0.4 is 10.1 Å². The summed E-state index contributed by atoms with van der Waals surface area (Å²) in [5, 5.41) is 3.57. The van der Waals surface area contributed by atoms with Crippen LogP contribution in [-0.2, 0) is 0 Å². The van der Waals surface area contributed by atoms with Crippen molar-refractivity contribution in [1.82, 2.24) is 5.32 Å². The summed E-state index contributed by atoms with van der Waals surface area (Å²) in [6, 6.07) is 17.2. The Kier molecular flexibility index (Phi) is 5.52. The lowest BCUT2D eigenvalue weighted by Gasteiger charge is -2.23. The first kappa shape index (κ1) is 15.6. The van der Waals surface area contributed by atoms with Gasteiger partial charge in [-0.3, -0.25) is 0 Å². The lowest BCUT2D eigenvalue weighted by atomic mass is 10.0. The van der Waals surface area contributed by atoms with E-state index in [4.69, 9.17) is 4.74 Å². The maximum atomic E-state index is 6.09. The quantitative estimate of drug-likeness (QED) is 0.808. The lowest BCUT2D eigenvalue weighted by molar-refractivity contribution is 0.269. The lowest BCUT2D eigenvalue weighted by Crippen LogP contribution is -2.35. The molecule has 0 aromatic heterocycles. The number of halogens is 1. The zero-order chi connectivity index (χ0) is 15.2. The second kappa shape index (κ2) is 7.80. The van der Waals surface area contributed by atoms with Gasteiger partial charge in [0.05, 0.1) is 6.61 Å². The largest absolute Gasteiger partial charge is 0.493 e. The highest BCUT2D eigenvalue weighted by Gasteiger charge is 2.13. The summed E-state index contributed by atoms with van der Waals surface area (Å²) in [6.45, 7) is 1.91. The van der Waals surface area contributed by atoms with Gasteiger partial charge in [-0.15, -0.1) is 0 Å². The van der Waals surface area contributed by atoms with E-state index in [-0.39, 0.29) is 0 Å². The molecule has 2 nitrogen and oxygen atoms in total. The second-order valence-electron chi connectivity index (χ2n) is 5.79. The van der Waals surface area contributed by atoms with Crippen molar-refractivity contribution in [2.24, 2.45) is 0 Å². The molecule has 1 fully saturated rings. The van der Waals surface area contributed by atoms with Crippen LogP contribution in [0.25, 0.3) is 11.1 Å². The fourth-order valence-corrected chi connectivity index (χ4v) is 3.31. The molecule has 3 rings (SSSR count). The van der Waals surface area contributed by atoms with Gasteiger partial charge in [0.1, 0.15) is 5.75 Å². The van der Waals surface area contributed by atoms with Gasteiger partial charge in [-0.25, -0.2) is 0 Å². The minimum Gasteiger partial charge on any atom is -0.493 e. The number of rotatable bonds is 5. The van der Waals surface area contributed by atoms with Gasteiger partial charge in [0, 0.05) is 16.1 Å². The van der Waals surface area contributed by atoms with Crippen molar-refractivity contribution in [1.29, 1.82) is 0 Å². The van der Waals surface area contributed by atoms with E-state index < -0.39 is 0 Å². The van der Waals surface area contributed by atoms with Crippen LogP contribution in [0.1, 0.15) is 25.7 Å². The maximum Gasteiger partial charge on any atom is 0.127 e. The van der Waals surface area contributed by atoms with E-state index in [0.29, 0.717) is 6.04 Å². The molecule has 0 spiro atoms. The van der Waals surface area contributed by atoms with Crippen molar-refractivity contribution in [2.75, 3.05) is 13.2 Å². The number of benzene rings is 2. The van der Waals surface area contributed by atoms with Crippen LogP contribution >= 0.6 is 15.9 Å². The van der Waals surface area contributed by atoms with E-state index in [2.05, 4.69) is 57.6 Å². The minimum absolute atomic E-state index is 0.615. The maximum absolute atomic E-state index is 6.09. The molecule has 0 aliphatic carbocycles. The Morgan fingerprint density at radius 3 is 2.73 bits per heavy atom. The molecule has 1 N–H and O–H groups in total. The topological polar surface area (TPSA) is 21.3 Å². The molecular weight excluding hydrogens is 338 g/mol. The fraction of sp³-hybridized carbons (Fsp3) is 0.368. The van der Waals surface area contributed by atoms with Crippen LogP contribution in [0.5, 0.6) is 5.75 Å². The first-order chi connectivity index (χ1) is 10.8. The Balaban J connectivity index is 1.68. The van der Waals surface area contributed by atoms with Gasteiger partial charge in [-0.1, -0.05) is 52.7 Å². The predicted molar refractivity (Wildman–Crippen MR) is 95.3 cm³/mol. The normalized spacial score (nSPS) is 18.1. The monoisotopic (exact) mass is 359 g/mol. The molecule has 0 bridgehead atoms. The Bertz CT molecular complexity index is 594. The molecule has 0 saturated carbocycles. The summed E-state index contributed by atoms with van der Waals surface area (Å²) in [5.41, 5.74) is 2.33. The van der Waals surface area contributed by atoms with Gasteiger partial charge < -0.3 is 10.1 Å². The molecule has 0 unspecified atom stereocenters. The van der Waals surface area contributed by atoms with Crippen molar-refractivity contribution in [3.63, 3.8) is 0 Å². The van der Waals surface area contributed by atoms with Crippen LogP contribution in [0.3, 0.4) is 0 Å². The molecule has 0 radical (unpaired) electrons. The average Bonchev–Trinajstić information content (AvgIpc) is 2.58. The molecule has 1 heterocycles. The summed E-state index contributed by atoms with van der Waals surface area (Å²) in [6.07, 6.45) is 4.99. The van der Waals surface area contributed by atoms with Gasteiger partial charge in [0.2, 0.25) is 0 Å². The standard InChI is InChI=1S/C19H22BrNO/c20-16-9-10-19(18(14-16)15-6-2-1-3-7-15)22-13-11-17-8-4-5-12-21-17/h1-3,6-7,9-10,14,17,21H,4-5,8,11-13H2/t17-/m1/s1. The smallest absolute Gasteiger partial charge is 0.127 e. The average molecular weight is 360 g/mol. The van der Waals surface area contributed by atoms with E-state index in [1.807, 2.05) is 12.1 Å². The number of hydrogen-bond donors (Lipinski definition) is 1. The molecule has 2 aromatic rings. The predicted octanol–water partition coefficient (Wildman–Crippen LogP) is 5.03. The third-order valence-corrected chi connectivity index (χ3v) is 4.66. The molecule has 1 saturated heterocycles. The number of hydrogen-bond acceptors (Lipinski definition) is 2. The zero-order valence-electron chi connectivity index (χ0n) is 12.7. The highest BCUT2D eigenvalue weighted by Crippen LogP contribution is 2.32. The zero-order valence-corrected chi connectivity index (χ0v) is 14.3. The molecular formula is C19H22BrNO. The summed E-state index contributed by atoms with van der Waals surface area (Å²) in [5.74, 6) is 0.963. The van der Waals surface area contributed by atoms with Crippen LogP contribution in [0.4, 0.5) is 0 Å². The van der Waals surface area contributed by atoms with Crippen LogP contribution in [0.2, 0.25) is 0 Å². The fourth-order valence-electron chi connectivity index (χ4n) is 2.95. The Morgan fingerprint density at radius 2 is 1.95 bits per heavy atom. The van der Waals surface area contributed by atoms with Gasteiger partial charge in [0.25, 0.3) is 0 Å². The number of nitrogens with one attached hydrogen (secondary N) is 1. The summed E-state index contributed by atoms with van der Waals surface area (Å²) >= 11 is 3.56. The van der Waals surface area contributed by atoms with E-state index in [9.17, 15) is 0 Å². The highest BCUT2D eigenvalue weighted by atomic mass is 79.9. The van der Waals surface area contributed by atoms with E-state index >= 15 is 0 Å². The third-order valence-electron chi connectivity index (χ3n) is 4.16. The van der Waals surface area contributed by atoms with Gasteiger partial charge >= 0.3 is 0 Å². The first-order valence-corrected chi connectivity index (χ1v) is 8.83. The van der Waals surface area contributed by atoms with Crippen LogP contribution in [-0.4, -0.2) is 19.2 Å². The summed E-state index contributed by atoms with van der Waals surface area (Å²) < 4.78 is 7.16. The molecule has 3 heteroatoms. The van der Waals surface area contributed by atoms with Gasteiger partial charge in [-0.05, 0) is 49.6 Å². The minimum atomic E-state index is 0.615. The molecule has 22 heavy (non-hydrogen) atoms. The van der Waals surface area contributed by atoms with E-state index in [0.717, 1.165) is 35.4 Å². The molecule has 1 aliphatic rings. The van der Waals surface area contributed by atoms with Gasteiger partial charge in [0.15, 0.2) is 0 Å². The number of piperidine rings is 1. The summed E-state index contributed by atoms with van der Waals surface area (Å²) in [4.78, 5) is 0. The van der Waals surface area contributed by atoms with Gasteiger partial charge in [-0.2, -0.15) is 0 Å². The summed E-state index contributed by atoms with van der Waals surface area (Å²) in [7, 11) is 0. The Hall–Kier alpha value is -1.32. The Labute approximate surface area is 141 Å². The van der Waals surface area contributed by atoms with Crippen LogP contribution in [0.15, 0.2) is 53.0 Å². The molecule has 1 atom stereocenters. The van der Waals surface area contributed by atoms with Crippen molar-refractivity contribution in [3.8, 4) is 16.9 Å². The molecule has 0 amide bonds. The Morgan fingerprint density at radius 1 is 1.09 bits per heavy atom. The third kappa shape index (κ3) is 4.11. The second-order valence-corrected chi connectivity index (χ2v) is 6.71. The molecule has 116 valence electrons. The van der Waals surface area contributed by atoms with E-state index in [1.165, 1.54) is 24.8 Å². The van der Waals surface area contributed by atoms with Crippen molar-refractivity contribution in [3.05, 3.63) is 53.0 Å². The SMILES string of the molecule is Brc1ccc(OCC[C@H]2CCCCN2)c(-c2ccccc2)c1. The number of ether oxygens (including phenoxy) is 1. The molecule has 2 aromatic carbocycles. The van der Waals surface area contributed by atoms with Crippen molar-refractivity contribution in [2.45, 2.75) is 31.7 Å². The first-order valence-electron chi connectivity index (χ1n) is 8.04. The van der Waals surface area contributed by atoms with Crippen LogP contribution in [0, 0.1) is 0 Å². The van der Waals surface area contributed by atoms with E-state index in [1.54, 1.807) is 0 Å². The molecule has 1 aliphatic heterocycles.